The molecule has 0 amide bonds. The molecule has 1 aliphatic heterocycles. The lowest BCUT2D eigenvalue weighted by Gasteiger charge is -2.20. The van der Waals surface area contributed by atoms with Gasteiger partial charge in [-0.2, -0.15) is 0 Å². The summed E-state index contributed by atoms with van der Waals surface area (Å²) in [6, 6.07) is 9.55. The minimum atomic E-state index is 0.570. The van der Waals surface area contributed by atoms with Gasteiger partial charge in [0.25, 0.3) is 0 Å². The molecule has 1 heterocycles. The summed E-state index contributed by atoms with van der Waals surface area (Å²) in [6.07, 6.45) is 7.75. The van der Waals surface area contributed by atoms with Crippen molar-refractivity contribution in [1.82, 2.24) is 5.32 Å². The fraction of sp³-hybridized carbons (Fsp3) is 0.647. The van der Waals surface area contributed by atoms with Gasteiger partial charge in [-0.3, -0.25) is 0 Å². The summed E-state index contributed by atoms with van der Waals surface area (Å²) in [7, 11) is 0. The number of fused-ring (bicyclic) bond motifs is 1. The van der Waals surface area contributed by atoms with E-state index in [1.165, 1.54) is 38.5 Å². The maximum Gasteiger partial charge on any atom is 0.0495 e. The van der Waals surface area contributed by atoms with Gasteiger partial charge in [0.05, 0.1) is 0 Å². The Morgan fingerprint density at radius 2 is 2.11 bits per heavy atom. The van der Waals surface area contributed by atoms with Crippen LogP contribution in [-0.2, 0) is 11.2 Å². The molecule has 0 radical (unpaired) electrons. The van der Waals surface area contributed by atoms with Gasteiger partial charge in [0, 0.05) is 19.3 Å². The molecule has 19 heavy (non-hydrogen) atoms. The van der Waals surface area contributed by atoms with Crippen molar-refractivity contribution in [3.63, 3.8) is 0 Å². The van der Waals surface area contributed by atoms with E-state index in [0.717, 1.165) is 25.7 Å². The quantitative estimate of drug-likeness (QED) is 0.836. The predicted molar refractivity (Wildman–Crippen MR) is 78.3 cm³/mol. The Morgan fingerprint density at radius 3 is 3.00 bits per heavy atom. The van der Waals surface area contributed by atoms with Gasteiger partial charge < -0.3 is 10.1 Å². The van der Waals surface area contributed by atoms with Crippen LogP contribution in [0.5, 0.6) is 0 Å². The predicted octanol–water partition coefficient (Wildman–Crippen LogP) is 3.47. The Bertz CT molecular complexity index is 398. The second-order valence-corrected chi connectivity index (χ2v) is 5.97. The average molecular weight is 259 g/mol. The molecule has 2 heteroatoms. The summed E-state index contributed by atoms with van der Waals surface area (Å²) in [5, 5.41) is 3.79. The molecule has 1 aromatic carbocycles. The van der Waals surface area contributed by atoms with E-state index in [1.54, 1.807) is 11.1 Å². The third-order valence-electron chi connectivity index (χ3n) is 4.59. The van der Waals surface area contributed by atoms with Crippen LogP contribution in [0.2, 0.25) is 0 Å². The van der Waals surface area contributed by atoms with Crippen LogP contribution in [-0.4, -0.2) is 19.8 Å². The fourth-order valence-corrected chi connectivity index (χ4v) is 3.41. The fourth-order valence-electron chi connectivity index (χ4n) is 3.41. The van der Waals surface area contributed by atoms with Gasteiger partial charge in [-0.15, -0.1) is 0 Å². The van der Waals surface area contributed by atoms with Crippen LogP contribution >= 0.6 is 0 Å². The third kappa shape index (κ3) is 3.37. The Balaban J connectivity index is 1.57. The number of hydrogen-bond acceptors (Lipinski definition) is 2. The molecule has 1 aromatic rings. The number of ether oxygens (including phenoxy) is 1. The highest BCUT2D eigenvalue weighted by Gasteiger charge is 2.19. The normalized spacial score (nSPS) is 26.9. The van der Waals surface area contributed by atoms with Gasteiger partial charge in [0.1, 0.15) is 0 Å². The third-order valence-corrected chi connectivity index (χ3v) is 4.59. The molecule has 1 N–H and O–H groups in total. The van der Waals surface area contributed by atoms with Crippen molar-refractivity contribution >= 4 is 0 Å². The zero-order valence-corrected chi connectivity index (χ0v) is 11.7. The van der Waals surface area contributed by atoms with E-state index in [4.69, 9.17) is 4.74 Å². The SMILES string of the molecule is c1ccc2c(c1)CCCCC2NCCC1CCOC1. The van der Waals surface area contributed by atoms with Gasteiger partial charge in [-0.25, -0.2) is 0 Å². The van der Waals surface area contributed by atoms with E-state index < -0.39 is 0 Å². The van der Waals surface area contributed by atoms with Crippen molar-refractivity contribution in [2.24, 2.45) is 5.92 Å². The van der Waals surface area contributed by atoms with E-state index in [1.807, 2.05) is 0 Å². The van der Waals surface area contributed by atoms with E-state index in [-0.39, 0.29) is 0 Å². The molecule has 1 saturated heterocycles. The molecular formula is C17H25NO. The van der Waals surface area contributed by atoms with Crippen molar-refractivity contribution in [1.29, 1.82) is 0 Å². The monoisotopic (exact) mass is 259 g/mol. The lowest BCUT2D eigenvalue weighted by molar-refractivity contribution is 0.184. The molecule has 2 nitrogen and oxygen atoms in total. The standard InChI is InChI=1S/C17H25NO/c1-3-7-16-15(5-1)6-2-4-8-17(16)18-11-9-14-10-12-19-13-14/h1,3,5,7,14,17-18H,2,4,6,8-13H2. The van der Waals surface area contributed by atoms with Gasteiger partial charge in [-0.1, -0.05) is 30.7 Å². The molecule has 3 rings (SSSR count). The van der Waals surface area contributed by atoms with Crippen LogP contribution in [0.3, 0.4) is 0 Å². The Labute approximate surface area is 116 Å². The lowest BCUT2D eigenvalue weighted by Crippen LogP contribution is -2.24. The van der Waals surface area contributed by atoms with Gasteiger partial charge in [0.2, 0.25) is 0 Å². The van der Waals surface area contributed by atoms with Crippen molar-refractivity contribution in [2.75, 3.05) is 19.8 Å². The van der Waals surface area contributed by atoms with E-state index in [2.05, 4.69) is 29.6 Å². The van der Waals surface area contributed by atoms with E-state index >= 15 is 0 Å². The Morgan fingerprint density at radius 1 is 1.16 bits per heavy atom. The molecule has 0 bridgehead atoms. The maximum absolute atomic E-state index is 5.45. The summed E-state index contributed by atoms with van der Waals surface area (Å²) < 4.78 is 5.45. The Kier molecular flexibility index (Phi) is 4.52. The molecular weight excluding hydrogens is 234 g/mol. The lowest BCUT2D eigenvalue weighted by atomic mass is 9.98. The van der Waals surface area contributed by atoms with Gasteiger partial charge >= 0.3 is 0 Å². The largest absolute Gasteiger partial charge is 0.381 e. The van der Waals surface area contributed by atoms with Crippen molar-refractivity contribution in [3.8, 4) is 0 Å². The molecule has 2 unspecified atom stereocenters. The number of rotatable bonds is 4. The zero-order chi connectivity index (χ0) is 12.9. The van der Waals surface area contributed by atoms with Crippen LogP contribution in [0.15, 0.2) is 24.3 Å². The number of nitrogens with one attached hydrogen (secondary N) is 1. The first-order chi connectivity index (χ1) is 9.43. The summed E-state index contributed by atoms with van der Waals surface area (Å²) in [4.78, 5) is 0. The van der Waals surface area contributed by atoms with Crippen LogP contribution in [0.4, 0.5) is 0 Å². The van der Waals surface area contributed by atoms with Crippen LogP contribution < -0.4 is 5.32 Å². The smallest absolute Gasteiger partial charge is 0.0495 e. The van der Waals surface area contributed by atoms with Crippen molar-refractivity contribution in [2.45, 2.75) is 44.6 Å². The number of aryl methyl sites for hydroxylation is 1. The van der Waals surface area contributed by atoms with E-state index in [0.29, 0.717) is 6.04 Å². The molecule has 2 aliphatic rings. The minimum absolute atomic E-state index is 0.570. The molecule has 2 atom stereocenters. The van der Waals surface area contributed by atoms with E-state index in [9.17, 15) is 0 Å². The first kappa shape index (κ1) is 13.1. The maximum atomic E-state index is 5.45. The topological polar surface area (TPSA) is 21.3 Å². The second-order valence-electron chi connectivity index (χ2n) is 5.97. The molecule has 0 aromatic heterocycles. The first-order valence-electron chi connectivity index (χ1n) is 7.82. The highest BCUT2D eigenvalue weighted by molar-refractivity contribution is 5.31. The van der Waals surface area contributed by atoms with Crippen LogP contribution in [0.25, 0.3) is 0 Å². The van der Waals surface area contributed by atoms with Crippen LogP contribution in [0.1, 0.15) is 49.3 Å². The summed E-state index contributed by atoms with van der Waals surface area (Å²) in [5.74, 6) is 0.786. The molecule has 1 aliphatic carbocycles. The summed E-state index contributed by atoms with van der Waals surface area (Å²) in [5.41, 5.74) is 3.10. The highest BCUT2D eigenvalue weighted by Crippen LogP contribution is 2.28. The average Bonchev–Trinajstić information content (AvgIpc) is 2.87. The molecule has 0 spiro atoms. The van der Waals surface area contributed by atoms with Gasteiger partial charge in [-0.05, 0) is 55.7 Å². The zero-order valence-electron chi connectivity index (χ0n) is 11.7. The first-order valence-corrected chi connectivity index (χ1v) is 7.82. The summed E-state index contributed by atoms with van der Waals surface area (Å²) >= 11 is 0. The number of hydrogen-bond donors (Lipinski definition) is 1. The van der Waals surface area contributed by atoms with Crippen molar-refractivity contribution < 1.29 is 4.74 Å². The molecule has 104 valence electrons. The molecule has 0 saturated carbocycles. The van der Waals surface area contributed by atoms with Gasteiger partial charge in [0.15, 0.2) is 0 Å². The molecule has 1 fully saturated rings. The minimum Gasteiger partial charge on any atom is -0.381 e. The Hall–Kier alpha value is -0.860. The van der Waals surface area contributed by atoms with Crippen LogP contribution in [0, 0.1) is 5.92 Å². The summed E-state index contributed by atoms with van der Waals surface area (Å²) in [6.45, 7) is 3.08. The second kappa shape index (κ2) is 6.53. The van der Waals surface area contributed by atoms with Crippen molar-refractivity contribution in [3.05, 3.63) is 35.4 Å². The number of benzene rings is 1. The highest BCUT2D eigenvalue weighted by atomic mass is 16.5.